The maximum Gasteiger partial charge on any atom is 0.340 e. The van der Waals surface area contributed by atoms with Crippen LogP contribution >= 0.6 is 11.3 Å². The van der Waals surface area contributed by atoms with Gasteiger partial charge in [-0.05, 0) is 48.8 Å². The number of nitrogens with zero attached hydrogens (tertiary/aromatic N) is 1. The maximum atomic E-state index is 13.8. The number of halogens is 1. The first-order valence-corrected chi connectivity index (χ1v) is 12.8. The standard InChI is InChI=1S/C22H25FN2O5S2/c1-30-21(27)20-16-9-11-25(19(26)12-14-6-7-14)13-18(16)31-22(20)32(28,29)24-10-8-15-4-2-3-5-17(15)23/h2-5,14,24H,6-13H2,1H3. The minimum absolute atomic E-state index is 0.0154. The van der Waals surface area contributed by atoms with E-state index < -0.39 is 21.8 Å². The lowest BCUT2D eigenvalue weighted by molar-refractivity contribution is -0.132. The van der Waals surface area contributed by atoms with Gasteiger partial charge >= 0.3 is 5.97 Å². The van der Waals surface area contributed by atoms with E-state index in [4.69, 9.17) is 4.74 Å². The second-order valence-corrected chi connectivity index (χ2v) is 11.2. The van der Waals surface area contributed by atoms with Crippen LogP contribution in [0.1, 0.15) is 45.6 Å². The van der Waals surface area contributed by atoms with Crippen LogP contribution in [0.4, 0.5) is 4.39 Å². The molecule has 1 saturated carbocycles. The Balaban J connectivity index is 1.54. The van der Waals surface area contributed by atoms with Crippen LogP contribution in [0.2, 0.25) is 0 Å². The monoisotopic (exact) mass is 480 g/mol. The zero-order chi connectivity index (χ0) is 22.9. The van der Waals surface area contributed by atoms with Crippen molar-refractivity contribution in [3.63, 3.8) is 0 Å². The third-order valence-corrected chi connectivity index (χ3v) is 9.01. The van der Waals surface area contributed by atoms with Crippen molar-refractivity contribution in [1.29, 1.82) is 0 Å². The fourth-order valence-corrected chi connectivity index (χ4v) is 6.85. The van der Waals surface area contributed by atoms with Crippen LogP contribution in [-0.2, 0) is 38.9 Å². The fourth-order valence-electron chi connectivity index (χ4n) is 3.87. The lowest BCUT2D eigenvalue weighted by Gasteiger charge is -2.27. The van der Waals surface area contributed by atoms with E-state index in [2.05, 4.69) is 4.72 Å². The van der Waals surface area contributed by atoms with E-state index in [0.29, 0.717) is 47.9 Å². The number of hydrogen-bond acceptors (Lipinski definition) is 6. The molecule has 10 heteroatoms. The molecule has 2 heterocycles. The Morgan fingerprint density at radius 1 is 1.28 bits per heavy atom. The highest BCUT2D eigenvalue weighted by Crippen LogP contribution is 2.38. The van der Waals surface area contributed by atoms with Crippen LogP contribution < -0.4 is 4.72 Å². The number of esters is 1. The number of methoxy groups -OCH3 is 1. The molecule has 172 valence electrons. The van der Waals surface area contributed by atoms with E-state index in [1.165, 1.54) is 13.2 Å². The summed E-state index contributed by atoms with van der Waals surface area (Å²) in [5.41, 5.74) is 1.07. The number of nitrogens with one attached hydrogen (secondary N) is 1. The number of rotatable bonds is 8. The number of thiophene rings is 1. The molecule has 1 aliphatic heterocycles. The van der Waals surface area contributed by atoms with Gasteiger partial charge in [0, 0.05) is 24.4 Å². The van der Waals surface area contributed by atoms with Gasteiger partial charge in [0.15, 0.2) is 0 Å². The molecule has 0 spiro atoms. The Morgan fingerprint density at radius 2 is 2.03 bits per heavy atom. The molecule has 0 radical (unpaired) electrons. The second-order valence-electron chi connectivity index (χ2n) is 8.11. The van der Waals surface area contributed by atoms with Gasteiger partial charge in [-0.3, -0.25) is 4.79 Å². The number of carbonyl (C=O) groups is 2. The van der Waals surface area contributed by atoms with Crippen molar-refractivity contribution in [1.82, 2.24) is 9.62 Å². The molecule has 1 aromatic carbocycles. The average molecular weight is 481 g/mol. The molecule has 2 aromatic rings. The first-order valence-electron chi connectivity index (χ1n) is 10.5. The maximum absolute atomic E-state index is 13.8. The van der Waals surface area contributed by atoms with Crippen molar-refractivity contribution in [2.45, 2.75) is 42.9 Å². The summed E-state index contributed by atoms with van der Waals surface area (Å²) < 4.78 is 47.2. The molecule has 1 amide bonds. The summed E-state index contributed by atoms with van der Waals surface area (Å²) in [5.74, 6) is -0.578. The number of carbonyl (C=O) groups excluding carboxylic acids is 2. The Hall–Kier alpha value is -2.30. The van der Waals surface area contributed by atoms with Gasteiger partial charge < -0.3 is 9.64 Å². The van der Waals surface area contributed by atoms with Gasteiger partial charge in [-0.1, -0.05) is 18.2 Å². The van der Waals surface area contributed by atoms with Crippen LogP contribution in [0, 0.1) is 11.7 Å². The Bertz CT molecular complexity index is 1140. The fraction of sp³-hybridized carbons (Fsp3) is 0.455. The number of hydrogen-bond donors (Lipinski definition) is 1. The van der Waals surface area contributed by atoms with Gasteiger partial charge in [0.2, 0.25) is 5.91 Å². The molecule has 1 aliphatic carbocycles. The average Bonchev–Trinajstić information content (AvgIpc) is 3.50. The molecule has 4 rings (SSSR count). The molecule has 1 N–H and O–H groups in total. The first-order chi connectivity index (χ1) is 15.3. The highest BCUT2D eigenvalue weighted by atomic mass is 32.2. The summed E-state index contributed by atoms with van der Waals surface area (Å²) >= 11 is 0.998. The second kappa shape index (κ2) is 9.29. The van der Waals surface area contributed by atoms with E-state index in [-0.39, 0.29) is 28.6 Å². The predicted molar refractivity (Wildman–Crippen MR) is 117 cm³/mol. The molecule has 32 heavy (non-hydrogen) atoms. The van der Waals surface area contributed by atoms with Gasteiger partial charge in [-0.25, -0.2) is 22.3 Å². The number of amides is 1. The minimum atomic E-state index is -4.03. The van der Waals surface area contributed by atoms with Crippen molar-refractivity contribution in [2.75, 3.05) is 20.2 Å². The molecule has 0 bridgehead atoms. The largest absolute Gasteiger partial charge is 0.465 e. The highest BCUT2D eigenvalue weighted by Gasteiger charge is 2.35. The Labute approximate surface area is 190 Å². The summed E-state index contributed by atoms with van der Waals surface area (Å²) in [4.78, 5) is 27.4. The van der Waals surface area contributed by atoms with Gasteiger partial charge in [0.1, 0.15) is 10.0 Å². The van der Waals surface area contributed by atoms with E-state index in [0.717, 1.165) is 24.2 Å². The van der Waals surface area contributed by atoms with Crippen molar-refractivity contribution in [3.8, 4) is 0 Å². The minimum Gasteiger partial charge on any atom is -0.465 e. The highest BCUT2D eigenvalue weighted by molar-refractivity contribution is 7.91. The summed E-state index contributed by atoms with van der Waals surface area (Å²) in [6.45, 7) is 0.720. The predicted octanol–water partition coefficient (Wildman–Crippen LogP) is 2.88. The lowest BCUT2D eigenvalue weighted by Crippen LogP contribution is -2.35. The third-order valence-electron chi connectivity index (χ3n) is 5.82. The van der Waals surface area contributed by atoms with Gasteiger partial charge in [-0.2, -0.15) is 0 Å². The SMILES string of the molecule is COC(=O)c1c(S(=O)(=O)NCCc2ccccc2F)sc2c1CCN(C(=O)CC1CC1)C2. The molecule has 0 saturated heterocycles. The normalized spacial score (nSPS) is 16.0. The van der Waals surface area contributed by atoms with E-state index in [1.807, 2.05) is 0 Å². The summed E-state index contributed by atoms with van der Waals surface area (Å²) in [7, 11) is -2.82. The summed E-state index contributed by atoms with van der Waals surface area (Å²) in [6, 6.07) is 6.18. The first kappa shape index (κ1) is 22.9. The van der Waals surface area contributed by atoms with Crippen molar-refractivity contribution < 1.29 is 27.1 Å². The quantitative estimate of drug-likeness (QED) is 0.587. The molecule has 0 unspecified atom stereocenters. The van der Waals surface area contributed by atoms with Crippen LogP contribution in [0.25, 0.3) is 0 Å². The number of sulfonamides is 1. The van der Waals surface area contributed by atoms with Crippen LogP contribution in [0.3, 0.4) is 0 Å². The molecular formula is C22H25FN2O5S2. The van der Waals surface area contributed by atoms with E-state index in [1.54, 1.807) is 23.1 Å². The van der Waals surface area contributed by atoms with Crippen LogP contribution in [-0.4, -0.2) is 45.4 Å². The van der Waals surface area contributed by atoms with Crippen LogP contribution in [0.5, 0.6) is 0 Å². The van der Waals surface area contributed by atoms with Gasteiger partial charge in [-0.15, -0.1) is 11.3 Å². The topological polar surface area (TPSA) is 92.8 Å². The molecule has 0 atom stereocenters. The third kappa shape index (κ3) is 4.87. The molecular weight excluding hydrogens is 455 g/mol. The Kier molecular flexibility index (Phi) is 6.64. The van der Waals surface area contributed by atoms with Crippen LogP contribution in [0.15, 0.2) is 28.5 Å². The zero-order valence-electron chi connectivity index (χ0n) is 17.7. The van der Waals surface area contributed by atoms with Crippen molar-refractivity contribution >= 4 is 33.2 Å². The molecule has 7 nitrogen and oxygen atoms in total. The zero-order valence-corrected chi connectivity index (χ0v) is 19.4. The summed E-state index contributed by atoms with van der Waals surface area (Å²) in [6.07, 6.45) is 3.26. The number of benzene rings is 1. The van der Waals surface area contributed by atoms with Gasteiger partial charge in [0.05, 0.1) is 19.2 Å². The summed E-state index contributed by atoms with van der Waals surface area (Å²) in [5, 5.41) is 0. The lowest BCUT2D eigenvalue weighted by atomic mass is 10.0. The van der Waals surface area contributed by atoms with Crippen molar-refractivity contribution in [3.05, 3.63) is 51.7 Å². The molecule has 1 fully saturated rings. The number of ether oxygens (including phenoxy) is 1. The number of fused-ring (bicyclic) bond motifs is 1. The van der Waals surface area contributed by atoms with Crippen molar-refractivity contribution in [2.24, 2.45) is 5.92 Å². The smallest absolute Gasteiger partial charge is 0.340 e. The van der Waals surface area contributed by atoms with Gasteiger partial charge in [0.25, 0.3) is 10.0 Å². The van der Waals surface area contributed by atoms with E-state index in [9.17, 15) is 22.4 Å². The Morgan fingerprint density at radius 3 is 2.72 bits per heavy atom. The molecule has 2 aliphatic rings. The molecule has 1 aromatic heterocycles. The van der Waals surface area contributed by atoms with E-state index >= 15 is 0 Å².